The van der Waals surface area contributed by atoms with E-state index < -0.39 is 0 Å². The minimum atomic E-state index is -0.277. The third-order valence-electron chi connectivity index (χ3n) is 7.80. The SMILES string of the molecule is CC(=O)N1CCC(C(=O)N2CCC3(CC2)Oc2ccc(Cl)cc2[C@H]2OCCC[C@@H]23)CC1. The van der Waals surface area contributed by atoms with Crippen molar-refractivity contribution in [2.24, 2.45) is 11.8 Å². The molecule has 1 spiro atoms. The van der Waals surface area contributed by atoms with E-state index in [2.05, 4.69) is 0 Å². The average Bonchev–Trinajstić information content (AvgIpc) is 2.80. The summed E-state index contributed by atoms with van der Waals surface area (Å²) in [6.45, 7) is 5.19. The standard InChI is InChI=1S/C24H31ClN2O4/c1-16(28)26-10-6-17(7-11-26)23(29)27-12-8-24(9-13-27)20-3-2-14-30-22(20)19-15-18(25)4-5-21(19)31-24/h4-5,15,17,20,22H,2-3,6-14H2,1H3/t20-,22+/m0/s1. The summed E-state index contributed by atoms with van der Waals surface area (Å²) in [5.41, 5.74) is 0.791. The topological polar surface area (TPSA) is 59.1 Å². The maximum Gasteiger partial charge on any atom is 0.225 e. The fraction of sp³-hybridized carbons (Fsp3) is 0.667. The molecule has 3 saturated heterocycles. The van der Waals surface area contributed by atoms with Crippen LogP contribution in [0.2, 0.25) is 5.02 Å². The van der Waals surface area contributed by atoms with Crippen LogP contribution in [-0.2, 0) is 14.3 Å². The van der Waals surface area contributed by atoms with Crippen molar-refractivity contribution in [2.75, 3.05) is 32.8 Å². The fourth-order valence-electron chi connectivity index (χ4n) is 6.03. The van der Waals surface area contributed by atoms with Crippen LogP contribution in [0, 0.1) is 11.8 Å². The summed E-state index contributed by atoms with van der Waals surface area (Å²) >= 11 is 6.26. The molecule has 4 aliphatic heterocycles. The Kier molecular flexibility index (Phi) is 5.63. The number of amides is 2. The zero-order valence-corrected chi connectivity index (χ0v) is 18.9. The van der Waals surface area contributed by atoms with Crippen LogP contribution in [0.3, 0.4) is 0 Å². The molecule has 2 atom stereocenters. The molecule has 0 unspecified atom stereocenters. The van der Waals surface area contributed by atoms with E-state index in [0.29, 0.717) is 24.0 Å². The van der Waals surface area contributed by atoms with Crippen molar-refractivity contribution in [1.82, 2.24) is 9.80 Å². The van der Waals surface area contributed by atoms with E-state index >= 15 is 0 Å². The second kappa shape index (κ2) is 8.28. The van der Waals surface area contributed by atoms with Crippen LogP contribution in [0.15, 0.2) is 18.2 Å². The Hall–Kier alpha value is -1.79. The van der Waals surface area contributed by atoms with Gasteiger partial charge in [0.05, 0.1) is 6.10 Å². The molecule has 7 heteroatoms. The van der Waals surface area contributed by atoms with Gasteiger partial charge >= 0.3 is 0 Å². The van der Waals surface area contributed by atoms with E-state index in [0.717, 1.165) is 69.5 Å². The smallest absolute Gasteiger partial charge is 0.225 e. The summed E-state index contributed by atoms with van der Waals surface area (Å²) < 4.78 is 12.9. The van der Waals surface area contributed by atoms with E-state index in [4.69, 9.17) is 21.1 Å². The van der Waals surface area contributed by atoms with Gasteiger partial charge in [0.1, 0.15) is 11.4 Å². The Morgan fingerprint density at radius 1 is 1.06 bits per heavy atom. The van der Waals surface area contributed by atoms with Crippen LogP contribution >= 0.6 is 11.6 Å². The number of rotatable bonds is 1. The lowest BCUT2D eigenvalue weighted by molar-refractivity contribution is -0.159. The summed E-state index contributed by atoms with van der Waals surface area (Å²) in [4.78, 5) is 28.6. The van der Waals surface area contributed by atoms with Crippen LogP contribution in [-0.4, -0.2) is 60.0 Å². The fourth-order valence-corrected chi connectivity index (χ4v) is 6.21. The molecule has 1 aromatic carbocycles. The molecular formula is C24H31ClN2O4. The van der Waals surface area contributed by atoms with Crippen molar-refractivity contribution >= 4 is 23.4 Å². The average molecular weight is 447 g/mol. The molecule has 0 aromatic heterocycles. The van der Waals surface area contributed by atoms with Crippen molar-refractivity contribution in [3.63, 3.8) is 0 Å². The predicted molar refractivity (Wildman–Crippen MR) is 117 cm³/mol. The summed E-state index contributed by atoms with van der Waals surface area (Å²) in [5, 5.41) is 0.711. The molecule has 31 heavy (non-hydrogen) atoms. The maximum absolute atomic E-state index is 13.2. The number of piperidine rings is 2. The third kappa shape index (κ3) is 3.82. The molecule has 6 nitrogen and oxygen atoms in total. The Balaban J connectivity index is 1.28. The molecule has 0 bridgehead atoms. The van der Waals surface area contributed by atoms with Crippen LogP contribution in [0.5, 0.6) is 5.75 Å². The highest BCUT2D eigenvalue weighted by Crippen LogP contribution is 2.53. The Bertz CT molecular complexity index is 859. The predicted octanol–water partition coefficient (Wildman–Crippen LogP) is 3.82. The monoisotopic (exact) mass is 446 g/mol. The first-order chi connectivity index (χ1) is 15.0. The van der Waals surface area contributed by atoms with Crippen molar-refractivity contribution < 1.29 is 19.1 Å². The van der Waals surface area contributed by atoms with E-state index in [1.165, 1.54) is 0 Å². The van der Waals surface area contributed by atoms with Gasteiger partial charge in [-0.1, -0.05) is 11.6 Å². The lowest BCUT2D eigenvalue weighted by atomic mass is 9.70. The zero-order chi connectivity index (χ0) is 21.6. The molecule has 2 amide bonds. The van der Waals surface area contributed by atoms with Crippen molar-refractivity contribution in [2.45, 2.75) is 57.2 Å². The number of carbonyl (C=O) groups excluding carboxylic acids is 2. The van der Waals surface area contributed by atoms with Crippen molar-refractivity contribution in [1.29, 1.82) is 0 Å². The molecule has 4 heterocycles. The highest BCUT2D eigenvalue weighted by Gasteiger charge is 2.53. The van der Waals surface area contributed by atoms with Gasteiger partial charge in [-0.25, -0.2) is 0 Å². The van der Waals surface area contributed by atoms with Gasteiger partial charge in [-0.15, -0.1) is 0 Å². The van der Waals surface area contributed by atoms with Gasteiger partial charge in [-0.3, -0.25) is 9.59 Å². The second-order valence-corrected chi connectivity index (χ2v) is 9.93. The molecule has 5 rings (SSSR count). The number of hydrogen-bond acceptors (Lipinski definition) is 4. The van der Waals surface area contributed by atoms with Gasteiger partial charge in [-0.05, 0) is 43.9 Å². The number of benzene rings is 1. The van der Waals surface area contributed by atoms with Crippen LogP contribution in [0.25, 0.3) is 0 Å². The van der Waals surface area contributed by atoms with Crippen LogP contribution in [0.4, 0.5) is 0 Å². The van der Waals surface area contributed by atoms with Crippen molar-refractivity contribution in [3.8, 4) is 5.75 Å². The lowest BCUT2D eigenvalue weighted by Gasteiger charge is -2.53. The first-order valence-electron chi connectivity index (χ1n) is 11.6. The van der Waals surface area contributed by atoms with Gasteiger partial charge in [0, 0.05) is 75.0 Å². The van der Waals surface area contributed by atoms with E-state index in [-0.39, 0.29) is 29.4 Å². The summed E-state index contributed by atoms with van der Waals surface area (Å²) in [7, 11) is 0. The normalized spacial score (nSPS) is 27.9. The summed E-state index contributed by atoms with van der Waals surface area (Å²) in [6, 6.07) is 5.83. The molecule has 0 N–H and O–H groups in total. The summed E-state index contributed by atoms with van der Waals surface area (Å²) in [5.74, 6) is 1.56. The Labute approximate surface area is 188 Å². The largest absolute Gasteiger partial charge is 0.486 e. The number of likely N-dealkylation sites (tertiary alicyclic amines) is 2. The lowest BCUT2D eigenvalue weighted by Crippen LogP contribution is -2.58. The molecule has 0 saturated carbocycles. The summed E-state index contributed by atoms with van der Waals surface area (Å²) in [6.07, 6.45) is 5.34. The van der Waals surface area contributed by atoms with E-state index in [9.17, 15) is 9.59 Å². The van der Waals surface area contributed by atoms with Gasteiger partial charge in [0.25, 0.3) is 0 Å². The highest BCUT2D eigenvalue weighted by atomic mass is 35.5. The quantitative estimate of drug-likeness (QED) is 0.658. The van der Waals surface area contributed by atoms with Gasteiger partial charge in [0.2, 0.25) is 11.8 Å². The number of hydrogen-bond donors (Lipinski definition) is 0. The molecule has 1 aromatic rings. The van der Waals surface area contributed by atoms with Crippen LogP contribution in [0.1, 0.15) is 57.1 Å². The number of fused-ring (bicyclic) bond motifs is 4. The minimum absolute atomic E-state index is 0.0226. The van der Waals surface area contributed by atoms with Gasteiger partial charge in [0.15, 0.2) is 0 Å². The first kappa shape index (κ1) is 21.1. The Morgan fingerprint density at radius 3 is 2.52 bits per heavy atom. The number of nitrogens with zero attached hydrogens (tertiary/aromatic N) is 2. The second-order valence-electron chi connectivity index (χ2n) is 9.49. The molecule has 4 aliphatic rings. The van der Waals surface area contributed by atoms with Crippen LogP contribution < -0.4 is 4.74 Å². The molecule has 0 aliphatic carbocycles. The van der Waals surface area contributed by atoms with Gasteiger partial charge in [-0.2, -0.15) is 0 Å². The number of halogens is 1. The maximum atomic E-state index is 13.2. The molecule has 168 valence electrons. The van der Waals surface area contributed by atoms with Crippen molar-refractivity contribution in [3.05, 3.63) is 28.8 Å². The molecule has 0 radical (unpaired) electrons. The minimum Gasteiger partial charge on any atom is -0.486 e. The van der Waals surface area contributed by atoms with E-state index in [1.807, 2.05) is 28.0 Å². The molecular weight excluding hydrogens is 416 g/mol. The van der Waals surface area contributed by atoms with Gasteiger partial charge < -0.3 is 19.3 Å². The zero-order valence-electron chi connectivity index (χ0n) is 18.1. The first-order valence-corrected chi connectivity index (χ1v) is 12.0. The van der Waals surface area contributed by atoms with E-state index in [1.54, 1.807) is 6.92 Å². The third-order valence-corrected chi connectivity index (χ3v) is 8.04. The Morgan fingerprint density at radius 2 is 1.81 bits per heavy atom. The highest BCUT2D eigenvalue weighted by molar-refractivity contribution is 6.30. The number of carbonyl (C=O) groups is 2. The molecule has 3 fully saturated rings. The number of ether oxygens (including phenoxy) is 2.